The highest BCUT2D eigenvalue weighted by Crippen LogP contribution is 2.44. The molecule has 0 radical (unpaired) electrons. The van der Waals surface area contributed by atoms with E-state index in [1.165, 1.54) is 19.3 Å². The van der Waals surface area contributed by atoms with Crippen LogP contribution in [-0.2, 0) is 11.2 Å². The van der Waals surface area contributed by atoms with E-state index >= 15 is 0 Å². The van der Waals surface area contributed by atoms with Gasteiger partial charge in [0.25, 0.3) is 0 Å². The molecule has 3 aliphatic heterocycles. The van der Waals surface area contributed by atoms with E-state index < -0.39 is 0 Å². The van der Waals surface area contributed by atoms with E-state index in [9.17, 15) is 4.79 Å². The van der Waals surface area contributed by atoms with Crippen LogP contribution in [0.2, 0.25) is 0 Å². The third-order valence-corrected chi connectivity index (χ3v) is 8.30. The number of hydrogen-bond donors (Lipinski definition) is 2. The van der Waals surface area contributed by atoms with Crippen LogP contribution in [0.25, 0.3) is 0 Å². The van der Waals surface area contributed by atoms with E-state index in [1.807, 2.05) is 18.5 Å². The van der Waals surface area contributed by atoms with E-state index in [4.69, 9.17) is 4.98 Å². The van der Waals surface area contributed by atoms with Crippen molar-refractivity contribution in [2.45, 2.75) is 63.1 Å². The molecule has 4 aliphatic rings. The van der Waals surface area contributed by atoms with Gasteiger partial charge in [-0.05, 0) is 38.9 Å². The van der Waals surface area contributed by atoms with Crippen LogP contribution in [-0.4, -0.2) is 76.6 Å². The molecule has 5 heterocycles. The van der Waals surface area contributed by atoms with Crippen molar-refractivity contribution < 1.29 is 4.79 Å². The van der Waals surface area contributed by atoms with E-state index in [1.54, 1.807) is 0 Å². The van der Waals surface area contributed by atoms with Crippen molar-refractivity contribution in [3.05, 3.63) is 30.1 Å². The van der Waals surface area contributed by atoms with E-state index in [0.717, 1.165) is 55.4 Å². The fraction of sp³-hybridized carbons (Fsp3) is 0.600. The normalized spacial score (nSPS) is 26.2. The van der Waals surface area contributed by atoms with Gasteiger partial charge in [-0.2, -0.15) is 4.98 Å². The first-order chi connectivity index (χ1) is 16.5. The number of carbonyl (C=O) groups is 1. The summed E-state index contributed by atoms with van der Waals surface area (Å²) in [6, 6.07) is 4.46. The lowest BCUT2D eigenvalue weighted by molar-refractivity contribution is -0.124. The van der Waals surface area contributed by atoms with Crippen LogP contribution in [0.1, 0.15) is 44.6 Å². The van der Waals surface area contributed by atoms with Gasteiger partial charge in [-0.25, -0.2) is 9.97 Å². The molecule has 1 amide bonds. The van der Waals surface area contributed by atoms with Gasteiger partial charge in [-0.15, -0.1) is 0 Å². The maximum Gasteiger partial charge on any atom is 0.243 e. The predicted octanol–water partition coefficient (Wildman–Crippen LogP) is 2.32. The van der Waals surface area contributed by atoms with Gasteiger partial charge >= 0.3 is 0 Å². The van der Waals surface area contributed by atoms with E-state index in [0.29, 0.717) is 25.0 Å². The topological polar surface area (TPSA) is 89.5 Å². The van der Waals surface area contributed by atoms with E-state index in [-0.39, 0.29) is 17.5 Å². The molecule has 2 aromatic heterocycles. The van der Waals surface area contributed by atoms with Crippen molar-refractivity contribution in [2.75, 3.05) is 48.3 Å². The number of fused-ring (bicyclic) bond motifs is 4. The van der Waals surface area contributed by atoms with Gasteiger partial charge in [-0.3, -0.25) is 4.79 Å². The molecule has 1 aliphatic carbocycles. The van der Waals surface area contributed by atoms with Gasteiger partial charge in [-0.1, -0.05) is 19.3 Å². The van der Waals surface area contributed by atoms with Crippen molar-refractivity contribution in [3.63, 3.8) is 0 Å². The Morgan fingerprint density at radius 2 is 1.97 bits per heavy atom. The molecule has 0 aromatic carbocycles. The van der Waals surface area contributed by atoms with Gasteiger partial charge in [0.2, 0.25) is 11.9 Å². The van der Waals surface area contributed by atoms with Crippen molar-refractivity contribution in [1.82, 2.24) is 25.2 Å². The molecule has 6 rings (SSSR count). The minimum absolute atomic E-state index is 0.0206. The monoisotopic (exact) mass is 462 g/mol. The molecule has 34 heavy (non-hydrogen) atoms. The summed E-state index contributed by atoms with van der Waals surface area (Å²) in [4.78, 5) is 33.9. The summed E-state index contributed by atoms with van der Waals surface area (Å²) in [5.41, 5.74) is 2.18. The Hall–Kier alpha value is -2.94. The van der Waals surface area contributed by atoms with Crippen LogP contribution in [0, 0.1) is 0 Å². The molecular weight excluding hydrogens is 428 g/mol. The fourth-order valence-electron chi connectivity index (χ4n) is 6.15. The number of likely N-dealkylation sites (N-methyl/N-ethyl adjacent to an activating group) is 1. The van der Waals surface area contributed by atoms with Crippen LogP contribution in [0.15, 0.2) is 24.5 Å². The minimum atomic E-state index is -0.171. The predicted molar refractivity (Wildman–Crippen MR) is 133 cm³/mol. The Morgan fingerprint density at radius 1 is 1.12 bits per heavy atom. The molecule has 9 heteroatoms. The molecule has 2 N–H and O–H groups in total. The fourth-order valence-corrected chi connectivity index (χ4v) is 6.15. The Labute approximate surface area is 201 Å². The summed E-state index contributed by atoms with van der Waals surface area (Å²) < 4.78 is 0. The van der Waals surface area contributed by atoms with Crippen molar-refractivity contribution >= 4 is 29.2 Å². The second-order valence-corrected chi connectivity index (χ2v) is 10.4. The number of nitrogens with zero attached hydrogens (tertiary/aromatic N) is 6. The molecule has 3 fully saturated rings. The summed E-state index contributed by atoms with van der Waals surface area (Å²) in [6.45, 7) is 6.04. The minimum Gasteiger partial charge on any atom is -0.367 e. The zero-order valence-corrected chi connectivity index (χ0v) is 20.1. The largest absolute Gasteiger partial charge is 0.367 e. The molecule has 180 valence electrons. The zero-order chi connectivity index (χ0) is 23.3. The van der Waals surface area contributed by atoms with Gasteiger partial charge in [0.15, 0.2) is 0 Å². The molecular formula is C25H34N8O. The highest BCUT2D eigenvalue weighted by atomic mass is 16.2. The molecule has 2 atom stereocenters. The smallest absolute Gasteiger partial charge is 0.243 e. The molecule has 1 unspecified atom stereocenters. The standard InChI is InChI=1S/C25H34N8O/c1-17-15-32(11-10-31(17)2)19-6-7-21(26-14-19)29-24-27-13-18-12-20-23(34)28-16-25(8-4-3-5-9-25)33(20)22(18)30-24/h6-7,13-14,17,20H,3-5,8-12,15-16H2,1-2H3,(H,28,34)(H,26,27,29,30)/t17-,20?/m1/s1. The first kappa shape index (κ1) is 21.6. The van der Waals surface area contributed by atoms with Crippen LogP contribution in [0.3, 0.4) is 0 Å². The summed E-state index contributed by atoms with van der Waals surface area (Å²) in [5.74, 6) is 2.29. The van der Waals surface area contributed by atoms with Gasteiger partial charge in [0.05, 0.1) is 17.4 Å². The molecule has 2 aromatic rings. The summed E-state index contributed by atoms with van der Waals surface area (Å²) in [7, 11) is 2.18. The quantitative estimate of drug-likeness (QED) is 0.719. The van der Waals surface area contributed by atoms with Gasteiger partial charge in [0, 0.05) is 50.4 Å². The average Bonchev–Trinajstić information content (AvgIpc) is 3.25. The van der Waals surface area contributed by atoms with Crippen molar-refractivity contribution in [2.24, 2.45) is 0 Å². The lowest BCUT2D eigenvalue weighted by Gasteiger charge is -2.51. The Balaban J connectivity index is 1.22. The second kappa shape index (κ2) is 8.37. The molecule has 1 saturated carbocycles. The number of carbonyl (C=O) groups excluding carboxylic acids is 1. The highest BCUT2D eigenvalue weighted by molar-refractivity contribution is 5.90. The average molecular weight is 463 g/mol. The SMILES string of the molecule is C[C@@H]1CN(c2ccc(Nc3ncc4c(n3)N3C(C4)C(=O)NCC34CCCCC4)nc2)CCN1C. The number of anilines is 4. The second-order valence-electron chi connectivity index (χ2n) is 10.4. The number of hydrogen-bond acceptors (Lipinski definition) is 8. The Bertz CT molecular complexity index is 1070. The van der Waals surface area contributed by atoms with Crippen LogP contribution in [0.4, 0.5) is 23.3 Å². The van der Waals surface area contributed by atoms with Gasteiger partial charge < -0.3 is 25.3 Å². The molecule has 2 saturated heterocycles. The first-order valence-corrected chi connectivity index (χ1v) is 12.6. The molecule has 1 spiro atoms. The van der Waals surface area contributed by atoms with Crippen molar-refractivity contribution in [3.8, 4) is 0 Å². The van der Waals surface area contributed by atoms with Gasteiger partial charge in [0.1, 0.15) is 17.7 Å². The third kappa shape index (κ3) is 3.66. The third-order valence-electron chi connectivity index (χ3n) is 8.30. The Kier molecular flexibility index (Phi) is 5.32. The number of amides is 1. The summed E-state index contributed by atoms with van der Waals surface area (Å²) in [5, 5.41) is 6.47. The zero-order valence-electron chi connectivity index (χ0n) is 20.1. The first-order valence-electron chi connectivity index (χ1n) is 12.6. The van der Waals surface area contributed by atoms with Crippen LogP contribution >= 0.6 is 0 Å². The molecule has 9 nitrogen and oxygen atoms in total. The number of pyridine rings is 1. The lowest BCUT2D eigenvalue weighted by Crippen LogP contribution is -2.67. The number of piperazine rings is 2. The maximum absolute atomic E-state index is 12.7. The Morgan fingerprint density at radius 3 is 2.74 bits per heavy atom. The number of aromatic nitrogens is 3. The van der Waals surface area contributed by atoms with Crippen molar-refractivity contribution in [1.29, 1.82) is 0 Å². The van der Waals surface area contributed by atoms with Crippen LogP contribution < -0.4 is 20.4 Å². The number of rotatable bonds is 3. The summed E-state index contributed by atoms with van der Waals surface area (Å²) >= 11 is 0. The van der Waals surface area contributed by atoms with Crippen LogP contribution in [0.5, 0.6) is 0 Å². The highest BCUT2D eigenvalue weighted by Gasteiger charge is 2.51. The van der Waals surface area contributed by atoms with E-state index in [2.05, 4.69) is 55.3 Å². The lowest BCUT2D eigenvalue weighted by atomic mass is 9.78. The summed E-state index contributed by atoms with van der Waals surface area (Å²) in [6.07, 6.45) is 10.4. The number of nitrogens with one attached hydrogen (secondary N) is 2. The molecule has 0 bridgehead atoms. The maximum atomic E-state index is 12.7.